The third-order valence-corrected chi connectivity index (χ3v) is 1.84. The van der Waals surface area contributed by atoms with Gasteiger partial charge in [0.2, 0.25) is 0 Å². The first kappa shape index (κ1) is 10.7. The Balaban J connectivity index is 2.69. The van der Waals surface area contributed by atoms with Crippen LogP contribution >= 0.6 is 0 Å². The van der Waals surface area contributed by atoms with Crippen molar-refractivity contribution < 1.29 is 14.6 Å². The molecular weight excluding hydrogens is 182 g/mol. The van der Waals surface area contributed by atoms with Crippen molar-refractivity contribution in [1.82, 2.24) is 4.98 Å². The smallest absolute Gasteiger partial charge is 0.308 e. The number of methoxy groups -OCH3 is 1. The van der Waals surface area contributed by atoms with Gasteiger partial charge in [-0.3, -0.25) is 9.78 Å². The molecule has 0 fully saturated rings. The Morgan fingerprint density at radius 3 is 2.93 bits per heavy atom. The van der Waals surface area contributed by atoms with Gasteiger partial charge < -0.3 is 9.84 Å². The lowest BCUT2D eigenvalue weighted by molar-refractivity contribution is -0.142. The lowest BCUT2D eigenvalue weighted by atomic mass is 10.1. The highest BCUT2D eigenvalue weighted by atomic mass is 16.5. The first-order chi connectivity index (χ1) is 6.63. The van der Waals surface area contributed by atoms with Gasteiger partial charge in [0.1, 0.15) is 6.10 Å². The fourth-order valence-corrected chi connectivity index (χ4v) is 1.10. The molecule has 0 aliphatic heterocycles. The molecule has 14 heavy (non-hydrogen) atoms. The molecule has 0 saturated heterocycles. The van der Waals surface area contributed by atoms with Gasteiger partial charge in [0.25, 0.3) is 0 Å². The summed E-state index contributed by atoms with van der Waals surface area (Å²) in [6.45, 7) is 1.83. The van der Waals surface area contributed by atoms with Crippen LogP contribution in [0.5, 0.6) is 0 Å². The van der Waals surface area contributed by atoms with Crippen molar-refractivity contribution in [3.63, 3.8) is 0 Å². The Hall–Kier alpha value is -1.42. The monoisotopic (exact) mass is 195 g/mol. The number of aromatic nitrogens is 1. The molecule has 0 aliphatic carbocycles. The Kier molecular flexibility index (Phi) is 3.59. The number of hydrogen-bond acceptors (Lipinski definition) is 4. The number of aliphatic hydroxyl groups is 1. The number of carbonyl (C=O) groups excluding carboxylic acids is 1. The second-order valence-corrected chi connectivity index (χ2v) is 3.00. The van der Waals surface area contributed by atoms with Gasteiger partial charge in [0.05, 0.1) is 19.2 Å². The van der Waals surface area contributed by atoms with Crippen LogP contribution in [0.4, 0.5) is 0 Å². The zero-order chi connectivity index (χ0) is 10.6. The molecule has 4 heteroatoms. The molecule has 1 aromatic heterocycles. The molecule has 0 aromatic carbocycles. The highest BCUT2D eigenvalue weighted by molar-refractivity contribution is 5.69. The zero-order valence-electron chi connectivity index (χ0n) is 8.23. The van der Waals surface area contributed by atoms with Crippen LogP contribution in [0.2, 0.25) is 0 Å². The van der Waals surface area contributed by atoms with Crippen LogP contribution in [-0.2, 0) is 9.53 Å². The predicted molar refractivity (Wildman–Crippen MR) is 50.6 cm³/mol. The van der Waals surface area contributed by atoms with Gasteiger partial charge in [-0.25, -0.2) is 0 Å². The summed E-state index contributed by atoms with van der Waals surface area (Å²) in [5.41, 5.74) is 1.31. The Morgan fingerprint density at radius 2 is 2.36 bits per heavy atom. The van der Waals surface area contributed by atoms with E-state index in [0.717, 1.165) is 5.69 Å². The van der Waals surface area contributed by atoms with E-state index < -0.39 is 12.1 Å². The van der Waals surface area contributed by atoms with Crippen molar-refractivity contribution in [1.29, 1.82) is 0 Å². The molecule has 76 valence electrons. The van der Waals surface area contributed by atoms with Crippen LogP contribution in [-0.4, -0.2) is 23.2 Å². The van der Waals surface area contributed by atoms with Crippen molar-refractivity contribution in [3.8, 4) is 0 Å². The first-order valence-electron chi connectivity index (χ1n) is 4.32. The zero-order valence-corrected chi connectivity index (χ0v) is 8.23. The predicted octanol–water partition coefficient (Wildman–Crippen LogP) is 0.987. The molecule has 0 unspecified atom stereocenters. The maximum absolute atomic E-state index is 10.9. The number of nitrogens with zero attached hydrogens (tertiary/aromatic N) is 1. The summed E-state index contributed by atoms with van der Waals surface area (Å²) in [6, 6.07) is 5.30. The van der Waals surface area contributed by atoms with E-state index in [1.807, 2.05) is 13.0 Å². The van der Waals surface area contributed by atoms with Crippen molar-refractivity contribution >= 4 is 5.97 Å². The quantitative estimate of drug-likeness (QED) is 0.730. The minimum absolute atomic E-state index is 0.0625. The Morgan fingerprint density at radius 1 is 1.64 bits per heavy atom. The molecule has 0 aliphatic rings. The fourth-order valence-electron chi connectivity index (χ4n) is 1.10. The van der Waals surface area contributed by atoms with Crippen LogP contribution in [0, 0.1) is 6.92 Å². The van der Waals surface area contributed by atoms with Crippen LogP contribution in [0.3, 0.4) is 0 Å². The highest BCUT2D eigenvalue weighted by Crippen LogP contribution is 2.14. The Labute approximate surface area is 82.5 Å². The number of esters is 1. The van der Waals surface area contributed by atoms with E-state index in [4.69, 9.17) is 0 Å². The SMILES string of the molecule is COC(=O)C[C@H](O)c1cccc(C)n1. The van der Waals surface area contributed by atoms with Gasteiger partial charge in [0.15, 0.2) is 0 Å². The summed E-state index contributed by atoms with van der Waals surface area (Å²) in [7, 11) is 1.29. The van der Waals surface area contributed by atoms with Gasteiger partial charge in [-0.1, -0.05) is 6.07 Å². The van der Waals surface area contributed by atoms with Crippen LogP contribution in [0.15, 0.2) is 18.2 Å². The van der Waals surface area contributed by atoms with Gasteiger partial charge in [-0.05, 0) is 19.1 Å². The van der Waals surface area contributed by atoms with Crippen LogP contribution < -0.4 is 0 Å². The number of pyridine rings is 1. The number of aryl methyl sites for hydroxylation is 1. The van der Waals surface area contributed by atoms with E-state index in [1.165, 1.54) is 7.11 Å². The van der Waals surface area contributed by atoms with Gasteiger partial charge >= 0.3 is 5.97 Å². The lowest BCUT2D eigenvalue weighted by Crippen LogP contribution is -2.09. The second-order valence-electron chi connectivity index (χ2n) is 3.00. The van der Waals surface area contributed by atoms with E-state index in [-0.39, 0.29) is 6.42 Å². The minimum atomic E-state index is -0.887. The molecular formula is C10H13NO3. The average molecular weight is 195 g/mol. The standard InChI is InChI=1S/C10H13NO3/c1-7-4-3-5-8(11-7)9(12)6-10(13)14-2/h3-5,9,12H,6H2,1-2H3/t9-/m0/s1. The largest absolute Gasteiger partial charge is 0.469 e. The topological polar surface area (TPSA) is 59.4 Å². The van der Waals surface area contributed by atoms with E-state index in [9.17, 15) is 9.90 Å². The van der Waals surface area contributed by atoms with Gasteiger partial charge in [-0.15, -0.1) is 0 Å². The van der Waals surface area contributed by atoms with Crippen molar-refractivity contribution in [3.05, 3.63) is 29.6 Å². The summed E-state index contributed by atoms with van der Waals surface area (Å²) in [5, 5.41) is 9.58. The molecule has 4 nitrogen and oxygen atoms in total. The second kappa shape index (κ2) is 4.72. The van der Waals surface area contributed by atoms with Crippen LogP contribution in [0.1, 0.15) is 23.9 Å². The van der Waals surface area contributed by atoms with Crippen molar-refractivity contribution in [2.24, 2.45) is 0 Å². The van der Waals surface area contributed by atoms with Crippen molar-refractivity contribution in [2.45, 2.75) is 19.4 Å². The molecule has 1 atom stereocenters. The number of rotatable bonds is 3. The molecule has 1 aromatic rings. The van der Waals surface area contributed by atoms with Gasteiger partial charge in [-0.2, -0.15) is 0 Å². The third-order valence-electron chi connectivity index (χ3n) is 1.84. The molecule has 1 rings (SSSR count). The molecule has 0 spiro atoms. The van der Waals surface area contributed by atoms with Crippen LogP contribution in [0.25, 0.3) is 0 Å². The fraction of sp³-hybridized carbons (Fsp3) is 0.400. The van der Waals surface area contributed by atoms with E-state index in [0.29, 0.717) is 5.69 Å². The maximum Gasteiger partial charge on any atom is 0.308 e. The molecule has 1 heterocycles. The molecule has 0 saturated carbocycles. The highest BCUT2D eigenvalue weighted by Gasteiger charge is 2.14. The average Bonchev–Trinajstić information content (AvgIpc) is 2.17. The number of carbonyl (C=O) groups is 1. The normalized spacial score (nSPS) is 12.2. The lowest BCUT2D eigenvalue weighted by Gasteiger charge is -2.08. The summed E-state index contributed by atoms with van der Waals surface area (Å²) in [5.74, 6) is -0.444. The molecule has 0 radical (unpaired) electrons. The number of hydrogen-bond donors (Lipinski definition) is 1. The van der Waals surface area contributed by atoms with Gasteiger partial charge in [0, 0.05) is 5.69 Å². The molecule has 1 N–H and O–H groups in total. The number of ether oxygens (including phenoxy) is 1. The third kappa shape index (κ3) is 2.81. The summed E-state index contributed by atoms with van der Waals surface area (Å²) in [6.07, 6.45) is -0.949. The molecule has 0 bridgehead atoms. The maximum atomic E-state index is 10.9. The Bertz CT molecular complexity index is 325. The summed E-state index contributed by atoms with van der Waals surface area (Å²) in [4.78, 5) is 15.0. The minimum Gasteiger partial charge on any atom is -0.469 e. The first-order valence-corrected chi connectivity index (χ1v) is 4.32. The summed E-state index contributed by atoms with van der Waals surface area (Å²) < 4.78 is 4.45. The van der Waals surface area contributed by atoms with E-state index in [1.54, 1.807) is 12.1 Å². The summed E-state index contributed by atoms with van der Waals surface area (Å²) >= 11 is 0. The van der Waals surface area contributed by atoms with E-state index >= 15 is 0 Å². The number of aliphatic hydroxyl groups excluding tert-OH is 1. The van der Waals surface area contributed by atoms with E-state index in [2.05, 4.69) is 9.72 Å². The molecule has 0 amide bonds. The van der Waals surface area contributed by atoms with Crippen molar-refractivity contribution in [2.75, 3.05) is 7.11 Å².